The number of carbonyl (C=O) groups is 1. The van der Waals surface area contributed by atoms with E-state index in [1.54, 1.807) is 13.2 Å². The van der Waals surface area contributed by atoms with E-state index < -0.39 is 12.0 Å². The molecule has 5 heteroatoms. The molecule has 0 fully saturated rings. The van der Waals surface area contributed by atoms with Crippen molar-refractivity contribution in [1.82, 2.24) is 15.3 Å². The standard InChI is InChI=1S/C7H11N3O2.C2H6/c1-8-6(7(11)12)2-5-3-9-4-10-5;1-2/h3-4,6,8H,2H2,1H3,(H,9,10)(H,11,12);1-2H3/t6-;/m0./s1. The van der Waals surface area contributed by atoms with Crippen molar-refractivity contribution in [2.75, 3.05) is 7.05 Å². The lowest BCUT2D eigenvalue weighted by Crippen LogP contribution is -2.35. The zero-order chi connectivity index (χ0) is 11.0. The number of carboxylic acid groups (broad SMARTS) is 1. The van der Waals surface area contributed by atoms with Crippen LogP contribution in [-0.4, -0.2) is 34.1 Å². The molecule has 3 N–H and O–H groups in total. The quantitative estimate of drug-likeness (QED) is 0.665. The molecule has 80 valence electrons. The first-order valence-electron chi connectivity index (χ1n) is 4.61. The molecule has 0 spiro atoms. The molecule has 0 aliphatic carbocycles. The Morgan fingerprint density at radius 3 is 2.71 bits per heavy atom. The summed E-state index contributed by atoms with van der Waals surface area (Å²) in [6.07, 6.45) is 3.57. The van der Waals surface area contributed by atoms with Gasteiger partial charge < -0.3 is 15.4 Å². The van der Waals surface area contributed by atoms with E-state index in [0.29, 0.717) is 6.42 Å². The topological polar surface area (TPSA) is 78.0 Å². The van der Waals surface area contributed by atoms with Crippen molar-refractivity contribution in [3.63, 3.8) is 0 Å². The summed E-state index contributed by atoms with van der Waals surface area (Å²) in [7, 11) is 1.62. The normalized spacial score (nSPS) is 11.4. The fraction of sp³-hybridized carbons (Fsp3) is 0.556. The minimum Gasteiger partial charge on any atom is -0.480 e. The number of aliphatic carboxylic acids is 1. The van der Waals surface area contributed by atoms with E-state index in [2.05, 4.69) is 15.3 Å². The summed E-state index contributed by atoms with van der Waals surface area (Å²) in [5.74, 6) is -0.855. The van der Waals surface area contributed by atoms with Gasteiger partial charge in [-0.05, 0) is 7.05 Å². The van der Waals surface area contributed by atoms with Crippen LogP contribution in [0.25, 0.3) is 0 Å². The van der Waals surface area contributed by atoms with Gasteiger partial charge in [0.1, 0.15) is 6.04 Å². The third-order valence-electron chi connectivity index (χ3n) is 1.63. The Bertz CT molecular complexity index is 247. The first-order chi connectivity index (χ1) is 6.74. The number of imidazole rings is 1. The van der Waals surface area contributed by atoms with Crippen molar-refractivity contribution in [3.8, 4) is 0 Å². The van der Waals surface area contributed by atoms with Crippen molar-refractivity contribution in [3.05, 3.63) is 18.2 Å². The number of rotatable bonds is 4. The van der Waals surface area contributed by atoms with Gasteiger partial charge in [0.15, 0.2) is 0 Å². The average molecular weight is 199 g/mol. The molecule has 1 rings (SSSR count). The molecular formula is C9H17N3O2. The van der Waals surface area contributed by atoms with Gasteiger partial charge in [0.05, 0.1) is 6.33 Å². The first-order valence-corrected chi connectivity index (χ1v) is 4.61. The predicted octanol–water partition coefficient (Wildman–Crippen LogP) is 0.651. The summed E-state index contributed by atoms with van der Waals surface area (Å²) in [6.45, 7) is 4.00. The monoisotopic (exact) mass is 199 g/mol. The van der Waals surface area contributed by atoms with Crippen LogP contribution in [0.2, 0.25) is 0 Å². The highest BCUT2D eigenvalue weighted by molar-refractivity contribution is 5.73. The molecule has 14 heavy (non-hydrogen) atoms. The number of aromatic amines is 1. The number of likely N-dealkylation sites (N-methyl/N-ethyl adjacent to an activating group) is 1. The number of nitrogens with one attached hydrogen (secondary N) is 2. The predicted molar refractivity (Wildman–Crippen MR) is 54.1 cm³/mol. The SMILES string of the molecule is CC.CN[C@@H](Cc1cnc[nH]1)C(=O)O. The van der Waals surface area contributed by atoms with Gasteiger partial charge >= 0.3 is 5.97 Å². The molecule has 0 aromatic carbocycles. The van der Waals surface area contributed by atoms with Crippen molar-refractivity contribution >= 4 is 5.97 Å². The molecule has 0 radical (unpaired) electrons. The van der Waals surface area contributed by atoms with Crippen LogP contribution in [0.5, 0.6) is 0 Å². The second kappa shape index (κ2) is 7.08. The maximum Gasteiger partial charge on any atom is 0.321 e. The van der Waals surface area contributed by atoms with Crippen LogP contribution < -0.4 is 5.32 Å². The summed E-state index contributed by atoms with van der Waals surface area (Å²) in [4.78, 5) is 17.2. The highest BCUT2D eigenvalue weighted by atomic mass is 16.4. The zero-order valence-electron chi connectivity index (χ0n) is 8.74. The Kier molecular flexibility index (Phi) is 6.39. The van der Waals surface area contributed by atoms with E-state index in [1.165, 1.54) is 6.33 Å². The van der Waals surface area contributed by atoms with E-state index >= 15 is 0 Å². The van der Waals surface area contributed by atoms with Crippen LogP contribution in [0.3, 0.4) is 0 Å². The van der Waals surface area contributed by atoms with Gasteiger partial charge in [-0.15, -0.1) is 0 Å². The van der Waals surface area contributed by atoms with Gasteiger partial charge in [0, 0.05) is 18.3 Å². The van der Waals surface area contributed by atoms with Gasteiger partial charge in [-0.25, -0.2) is 4.98 Å². The Labute approximate surface area is 83.6 Å². The Morgan fingerprint density at radius 1 is 1.71 bits per heavy atom. The number of nitrogens with zero attached hydrogens (tertiary/aromatic N) is 1. The largest absolute Gasteiger partial charge is 0.480 e. The van der Waals surface area contributed by atoms with E-state index in [-0.39, 0.29) is 0 Å². The second-order valence-electron chi connectivity index (χ2n) is 2.46. The fourth-order valence-electron chi connectivity index (χ4n) is 0.929. The number of hydrogen-bond acceptors (Lipinski definition) is 3. The van der Waals surface area contributed by atoms with Crippen molar-refractivity contribution in [2.24, 2.45) is 0 Å². The zero-order valence-corrected chi connectivity index (χ0v) is 8.74. The molecule has 0 aliphatic heterocycles. The molecule has 0 saturated carbocycles. The summed E-state index contributed by atoms with van der Waals surface area (Å²) in [5, 5.41) is 11.4. The summed E-state index contributed by atoms with van der Waals surface area (Å²) in [6, 6.07) is -0.551. The van der Waals surface area contributed by atoms with Crippen molar-refractivity contribution in [1.29, 1.82) is 0 Å². The molecule has 1 heterocycles. The van der Waals surface area contributed by atoms with Gasteiger partial charge in [-0.2, -0.15) is 0 Å². The lowest BCUT2D eigenvalue weighted by Gasteiger charge is -2.08. The van der Waals surface area contributed by atoms with Crippen LogP contribution in [0.1, 0.15) is 19.5 Å². The maximum absolute atomic E-state index is 10.6. The van der Waals surface area contributed by atoms with Crippen molar-refractivity contribution in [2.45, 2.75) is 26.3 Å². The highest BCUT2D eigenvalue weighted by Crippen LogP contribution is 1.97. The van der Waals surface area contributed by atoms with Gasteiger partial charge in [0.2, 0.25) is 0 Å². The van der Waals surface area contributed by atoms with E-state index in [1.807, 2.05) is 13.8 Å². The lowest BCUT2D eigenvalue weighted by atomic mass is 10.2. The lowest BCUT2D eigenvalue weighted by molar-refractivity contribution is -0.139. The number of H-pyrrole nitrogens is 1. The molecule has 1 aromatic heterocycles. The highest BCUT2D eigenvalue weighted by Gasteiger charge is 2.15. The minimum absolute atomic E-state index is 0.422. The van der Waals surface area contributed by atoms with E-state index in [0.717, 1.165) is 5.69 Å². The molecule has 1 aromatic rings. The van der Waals surface area contributed by atoms with Gasteiger partial charge in [-0.1, -0.05) is 13.8 Å². The Balaban J connectivity index is 0.000000791. The third kappa shape index (κ3) is 4.04. The Hall–Kier alpha value is -1.36. The second-order valence-corrected chi connectivity index (χ2v) is 2.46. The molecular weight excluding hydrogens is 182 g/mol. The van der Waals surface area contributed by atoms with Gasteiger partial charge in [-0.3, -0.25) is 4.79 Å². The van der Waals surface area contributed by atoms with Crippen LogP contribution in [0.4, 0.5) is 0 Å². The molecule has 0 bridgehead atoms. The van der Waals surface area contributed by atoms with Crippen LogP contribution in [0.15, 0.2) is 12.5 Å². The van der Waals surface area contributed by atoms with Crippen molar-refractivity contribution < 1.29 is 9.90 Å². The van der Waals surface area contributed by atoms with Gasteiger partial charge in [0.25, 0.3) is 0 Å². The Morgan fingerprint density at radius 2 is 2.36 bits per heavy atom. The van der Waals surface area contributed by atoms with Crippen LogP contribution in [0, 0.1) is 0 Å². The summed E-state index contributed by atoms with van der Waals surface area (Å²) >= 11 is 0. The molecule has 0 aliphatic rings. The number of aromatic nitrogens is 2. The molecule has 0 unspecified atom stereocenters. The van der Waals surface area contributed by atoms with Crippen LogP contribution >= 0.6 is 0 Å². The van der Waals surface area contributed by atoms with E-state index in [9.17, 15) is 4.79 Å². The number of carboxylic acids is 1. The average Bonchev–Trinajstić information content (AvgIpc) is 2.69. The minimum atomic E-state index is -0.855. The molecule has 0 saturated heterocycles. The molecule has 0 amide bonds. The maximum atomic E-state index is 10.6. The molecule has 5 nitrogen and oxygen atoms in total. The number of hydrogen-bond donors (Lipinski definition) is 3. The third-order valence-corrected chi connectivity index (χ3v) is 1.63. The summed E-state index contributed by atoms with van der Waals surface area (Å²) < 4.78 is 0. The fourth-order valence-corrected chi connectivity index (χ4v) is 0.929. The van der Waals surface area contributed by atoms with Crippen LogP contribution in [-0.2, 0) is 11.2 Å². The first kappa shape index (κ1) is 12.6. The smallest absolute Gasteiger partial charge is 0.321 e. The summed E-state index contributed by atoms with van der Waals surface area (Å²) in [5.41, 5.74) is 0.816. The molecule has 1 atom stereocenters. The van der Waals surface area contributed by atoms with E-state index in [4.69, 9.17) is 5.11 Å².